The van der Waals surface area contributed by atoms with Crippen molar-refractivity contribution in [2.75, 3.05) is 26.7 Å². The van der Waals surface area contributed by atoms with E-state index in [-0.39, 0.29) is 11.9 Å². The first-order valence-corrected chi connectivity index (χ1v) is 5.47. The first-order chi connectivity index (χ1) is 7.24. The Labute approximate surface area is 90.2 Å². The Morgan fingerprint density at radius 1 is 1.20 bits per heavy atom. The van der Waals surface area contributed by atoms with Crippen LogP contribution in [0.1, 0.15) is 25.7 Å². The summed E-state index contributed by atoms with van der Waals surface area (Å²) in [5, 5.41) is 5.05. The number of hydrogen-bond donors (Lipinski definition) is 2. The molecule has 0 aliphatic carbocycles. The highest BCUT2D eigenvalue weighted by atomic mass is 16.2. The minimum absolute atomic E-state index is 0.145. The molecule has 0 unspecified atom stereocenters. The summed E-state index contributed by atoms with van der Waals surface area (Å²) in [5.41, 5.74) is 0. The largest absolute Gasteiger partial charge is 0.343 e. The summed E-state index contributed by atoms with van der Waals surface area (Å²) in [4.78, 5) is 24.3. The van der Waals surface area contributed by atoms with E-state index in [0.717, 1.165) is 25.9 Å². The van der Waals surface area contributed by atoms with E-state index in [4.69, 9.17) is 0 Å². The molecule has 0 bridgehead atoms. The molecule has 1 heterocycles. The zero-order chi connectivity index (χ0) is 11.1. The van der Waals surface area contributed by atoms with E-state index >= 15 is 0 Å². The van der Waals surface area contributed by atoms with Gasteiger partial charge in [-0.2, -0.15) is 0 Å². The van der Waals surface area contributed by atoms with E-state index in [1.54, 1.807) is 7.05 Å². The first kappa shape index (κ1) is 11.8. The molecule has 15 heavy (non-hydrogen) atoms. The van der Waals surface area contributed by atoms with Crippen LogP contribution in [0.5, 0.6) is 0 Å². The zero-order valence-electron chi connectivity index (χ0n) is 9.21. The topological polar surface area (TPSA) is 61.4 Å². The second-order valence-electron chi connectivity index (χ2n) is 3.70. The average molecular weight is 213 g/mol. The second-order valence-corrected chi connectivity index (χ2v) is 3.70. The van der Waals surface area contributed by atoms with Gasteiger partial charge in [-0.25, -0.2) is 4.79 Å². The predicted octanol–water partition coefficient (Wildman–Crippen LogP) is 0.318. The van der Waals surface area contributed by atoms with Crippen molar-refractivity contribution < 1.29 is 9.59 Å². The van der Waals surface area contributed by atoms with Crippen LogP contribution in [0, 0.1) is 0 Å². The molecule has 0 radical (unpaired) electrons. The van der Waals surface area contributed by atoms with Crippen molar-refractivity contribution in [1.29, 1.82) is 0 Å². The number of likely N-dealkylation sites (tertiary alicyclic amines) is 1. The van der Waals surface area contributed by atoms with Crippen LogP contribution in [-0.4, -0.2) is 43.5 Å². The molecule has 86 valence electrons. The van der Waals surface area contributed by atoms with Crippen LogP contribution in [0.15, 0.2) is 0 Å². The van der Waals surface area contributed by atoms with Crippen molar-refractivity contribution in [2.24, 2.45) is 0 Å². The minimum atomic E-state index is -0.235. The maximum absolute atomic E-state index is 11.6. The fourth-order valence-corrected chi connectivity index (χ4v) is 1.67. The van der Waals surface area contributed by atoms with Gasteiger partial charge in [0.05, 0.1) is 0 Å². The lowest BCUT2D eigenvalue weighted by atomic mass is 10.1. The van der Waals surface area contributed by atoms with Gasteiger partial charge >= 0.3 is 6.03 Å². The number of carbonyl (C=O) groups excluding carboxylic acids is 2. The maximum Gasteiger partial charge on any atom is 0.314 e. The van der Waals surface area contributed by atoms with E-state index in [9.17, 15) is 9.59 Å². The Morgan fingerprint density at radius 3 is 2.47 bits per heavy atom. The number of nitrogens with one attached hydrogen (secondary N) is 2. The Kier molecular flexibility index (Phi) is 4.93. The normalized spacial score (nSPS) is 15.9. The lowest BCUT2D eigenvalue weighted by Crippen LogP contribution is -2.39. The molecule has 5 nitrogen and oxygen atoms in total. The first-order valence-electron chi connectivity index (χ1n) is 5.47. The molecule has 2 N–H and O–H groups in total. The molecule has 0 saturated carbocycles. The van der Waals surface area contributed by atoms with E-state index < -0.39 is 0 Å². The monoisotopic (exact) mass is 213 g/mol. The number of carbonyl (C=O) groups is 2. The fraction of sp³-hybridized carbons (Fsp3) is 0.800. The average Bonchev–Trinajstić information content (AvgIpc) is 2.29. The molecule has 0 atom stereocenters. The molecule has 1 aliphatic heterocycles. The molecule has 3 amide bonds. The Morgan fingerprint density at radius 2 is 1.87 bits per heavy atom. The highest BCUT2D eigenvalue weighted by Crippen LogP contribution is 2.09. The van der Waals surface area contributed by atoms with Gasteiger partial charge < -0.3 is 15.5 Å². The summed E-state index contributed by atoms with van der Waals surface area (Å²) in [6.07, 6.45) is 3.83. The SMILES string of the molecule is CNC(=O)NCCC(=O)N1CCCCC1. The van der Waals surface area contributed by atoms with Crippen molar-refractivity contribution in [3.05, 3.63) is 0 Å². The predicted molar refractivity (Wildman–Crippen MR) is 57.5 cm³/mol. The van der Waals surface area contributed by atoms with Crippen LogP contribution >= 0.6 is 0 Å². The van der Waals surface area contributed by atoms with Gasteiger partial charge in [0.1, 0.15) is 0 Å². The third-order valence-corrected chi connectivity index (χ3v) is 2.56. The molecule has 5 heteroatoms. The van der Waals surface area contributed by atoms with Crippen molar-refractivity contribution in [2.45, 2.75) is 25.7 Å². The Hall–Kier alpha value is -1.26. The summed E-state index contributed by atoms with van der Waals surface area (Å²) < 4.78 is 0. The van der Waals surface area contributed by atoms with Crippen molar-refractivity contribution >= 4 is 11.9 Å². The quantitative estimate of drug-likeness (QED) is 0.709. The molecular weight excluding hydrogens is 194 g/mol. The lowest BCUT2D eigenvalue weighted by Gasteiger charge is -2.26. The molecule has 0 aromatic carbocycles. The van der Waals surface area contributed by atoms with Crippen LogP contribution in [0.25, 0.3) is 0 Å². The summed E-state index contributed by atoms with van der Waals surface area (Å²) in [5.74, 6) is 0.145. The number of hydrogen-bond acceptors (Lipinski definition) is 2. The molecule has 0 aromatic heterocycles. The van der Waals surface area contributed by atoms with E-state index in [2.05, 4.69) is 10.6 Å². The standard InChI is InChI=1S/C10H19N3O2/c1-11-10(15)12-6-5-9(14)13-7-3-2-4-8-13/h2-8H2,1H3,(H2,11,12,15). The van der Waals surface area contributed by atoms with Gasteiger partial charge in [0, 0.05) is 33.1 Å². The molecule has 1 aliphatic rings. The van der Waals surface area contributed by atoms with Gasteiger partial charge in [-0.05, 0) is 19.3 Å². The number of nitrogens with zero attached hydrogens (tertiary/aromatic N) is 1. The zero-order valence-corrected chi connectivity index (χ0v) is 9.21. The second kappa shape index (κ2) is 6.27. The molecular formula is C10H19N3O2. The minimum Gasteiger partial charge on any atom is -0.343 e. The van der Waals surface area contributed by atoms with Gasteiger partial charge in [0.2, 0.25) is 5.91 Å². The molecule has 1 rings (SSSR count). The number of rotatable bonds is 3. The number of amides is 3. The van der Waals surface area contributed by atoms with Gasteiger partial charge in [0.15, 0.2) is 0 Å². The maximum atomic E-state index is 11.6. The molecule has 1 saturated heterocycles. The van der Waals surface area contributed by atoms with Crippen molar-refractivity contribution in [1.82, 2.24) is 15.5 Å². The molecule has 0 aromatic rings. The van der Waals surface area contributed by atoms with Crippen LogP contribution in [0.3, 0.4) is 0 Å². The number of piperidine rings is 1. The van der Waals surface area contributed by atoms with E-state index in [1.807, 2.05) is 4.90 Å². The fourth-order valence-electron chi connectivity index (χ4n) is 1.67. The van der Waals surface area contributed by atoms with Gasteiger partial charge in [0.25, 0.3) is 0 Å². The highest BCUT2D eigenvalue weighted by molar-refractivity contribution is 5.78. The molecule has 0 spiro atoms. The summed E-state index contributed by atoms with van der Waals surface area (Å²) >= 11 is 0. The van der Waals surface area contributed by atoms with Gasteiger partial charge in [-0.1, -0.05) is 0 Å². The Bertz CT molecular complexity index is 225. The van der Waals surface area contributed by atoms with Gasteiger partial charge in [-0.3, -0.25) is 4.79 Å². The summed E-state index contributed by atoms with van der Waals surface area (Å²) in [6, 6.07) is -0.235. The van der Waals surface area contributed by atoms with Crippen LogP contribution in [0.2, 0.25) is 0 Å². The van der Waals surface area contributed by atoms with Crippen molar-refractivity contribution in [3.63, 3.8) is 0 Å². The third-order valence-electron chi connectivity index (χ3n) is 2.56. The summed E-state index contributed by atoms with van der Waals surface area (Å²) in [6.45, 7) is 2.16. The Balaban J connectivity index is 2.14. The summed E-state index contributed by atoms with van der Waals surface area (Å²) in [7, 11) is 1.56. The molecule has 1 fully saturated rings. The van der Waals surface area contributed by atoms with E-state index in [1.165, 1.54) is 6.42 Å². The smallest absolute Gasteiger partial charge is 0.314 e. The van der Waals surface area contributed by atoms with Crippen LogP contribution < -0.4 is 10.6 Å². The highest BCUT2D eigenvalue weighted by Gasteiger charge is 2.15. The number of urea groups is 1. The lowest BCUT2D eigenvalue weighted by molar-refractivity contribution is -0.131. The van der Waals surface area contributed by atoms with Crippen LogP contribution in [0.4, 0.5) is 4.79 Å². The van der Waals surface area contributed by atoms with Crippen molar-refractivity contribution in [3.8, 4) is 0 Å². The van der Waals surface area contributed by atoms with Crippen LogP contribution in [-0.2, 0) is 4.79 Å². The van der Waals surface area contributed by atoms with Gasteiger partial charge in [-0.15, -0.1) is 0 Å². The third kappa shape index (κ3) is 4.18. The van der Waals surface area contributed by atoms with E-state index in [0.29, 0.717) is 13.0 Å².